The highest BCUT2D eigenvalue weighted by molar-refractivity contribution is 4.86. The van der Waals surface area contributed by atoms with Crippen molar-refractivity contribution >= 4 is 0 Å². The summed E-state index contributed by atoms with van der Waals surface area (Å²) in [5.74, 6) is -4.34. The molecule has 0 amide bonds. The number of alkyl halides is 4. The van der Waals surface area contributed by atoms with Gasteiger partial charge in [-0.25, -0.2) is 8.78 Å². The predicted octanol–water partition coefficient (Wildman–Crippen LogP) is 1.66. The molecule has 0 aromatic rings. The Morgan fingerprint density at radius 1 is 1.20 bits per heavy atom. The number of halogens is 4. The van der Waals surface area contributed by atoms with Gasteiger partial charge in [0.05, 0.1) is 0 Å². The molecular weight excluding hydrogens is 152 g/mol. The van der Waals surface area contributed by atoms with E-state index in [0.717, 1.165) is 0 Å². The Morgan fingerprint density at radius 2 is 1.50 bits per heavy atom. The molecule has 0 heterocycles. The molecule has 0 radical (unpaired) electrons. The van der Waals surface area contributed by atoms with Gasteiger partial charge in [0.25, 0.3) is 0 Å². The molecule has 0 saturated carbocycles. The summed E-state index contributed by atoms with van der Waals surface area (Å²) in [6.45, 7) is 1.28. The van der Waals surface area contributed by atoms with Crippen LogP contribution >= 0.6 is 0 Å². The van der Waals surface area contributed by atoms with E-state index >= 15 is 0 Å². The molecular formula is C5H8F4O. The lowest BCUT2D eigenvalue weighted by atomic mass is 10.0. The molecule has 0 unspecified atom stereocenters. The van der Waals surface area contributed by atoms with Crippen molar-refractivity contribution in [2.24, 2.45) is 0 Å². The number of hydrogen-bond donors (Lipinski definition) is 1. The molecule has 0 aromatic heterocycles. The highest BCUT2D eigenvalue weighted by atomic mass is 19.3. The molecule has 0 saturated heterocycles. The molecule has 1 N–H and O–H groups in total. The topological polar surface area (TPSA) is 20.2 Å². The molecule has 10 heavy (non-hydrogen) atoms. The van der Waals surface area contributed by atoms with Crippen LogP contribution in [-0.2, 0) is 0 Å². The third kappa shape index (κ3) is 1.59. The summed E-state index contributed by atoms with van der Waals surface area (Å²) in [6, 6.07) is 0. The third-order valence-electron chi connectivity index (χ3n) is 1.09. The van der Waals surface area contributed by atoms with E-state index in [0.29, 0.717) is 13.8 Å². The van der Waals surface area contributed by atoms with Crippen molar-refractivity contribution in [2.75, 3.05) is 0 Å². The molecule has 5 heteroatoms. The van der Waals surface area contributed by atoms with Crippen LogP contribution < -0.4 is 0 Å². The van der Waals surface area contributed by atoms with Crippen LogP contribution in [-0.4, -0.2) is 23.1 Å². The van der Waals surface area contributed by atoms with Crippen LogP contribution in [0.5, 0.6) is 0 Å². The smallest absolute Gasteiger partial charge is 0.334 e. The summed E-state index contributed by atoms with van der Waals surface area (Å²) in [4.78, 5) is 0. The molecule has 0 aliphatic rings. The first-order chi connectivity index (χ1) is 4.19. The monoisotopic (exact) mass is 160 g/mol. The van der Waals surface area contributed by atoms with Gasteiger partial charge < -0.3 is 5.11 Å². The molecule has 0 aliphatic carbocycles. The summed E-state index contributed by atoms with van der Waals surface area (Å²) >= 11 is 0. The van der Waals surface area contributed by atoms with Gasteiger partial charge in [0.1, 0.15) is 5.60 Å². The van der Waals surface area contributed by atoms with E-state index in [1.54, 1.807) is 0 Å². The fourth-order valence-corrected chi connectivity index (χ4v) is 0.267. The minimum Gasteiger partial charge on any atom is -0.384 e. The second-order valence-electron chi connectivity index (χ2n) is 2.48. The lowest BCUT2D eigenvalue weighted by Crippen LogP contribution is -2.48. The van der Waals surface area contributed by atoms with E-state index in [-0.39, 0.29) is 0 Å². The van der Waals surface area contributed by atoms with Gasteiger partial charge in [-0.15, -0.1) is 0 Å². The molecule has 0 bridgehead atoms. The normalized spacial score (nSPS) is 14.4. The Kier molecular flexibility index (Phi) is 2.30. The van der Waals surface area contributed by atoms with Gasteiger partial charge in [0.15, 0.2) is 0 Å². The largest absolute Gasteiger partial charge is 0.384 e. The maximum atomic E-state index is 12.1. The first-order valence-electron chi connectivity index (χ1n) is 2.58. The minimum atomic E-state index is -4.34. The van der Waals surface area contributed by atoms with E-state index < -0.39 is 17.9 Å². The second-order valence-corrected chi connectivity index (χ2v) is 2.48. The van der Waals surface area contributed by atoms with E-state index in [9.17, 15) is 17.6 Å². The standard InChI is InChI=1S/C5H8F4O/c1-4(2,10)5(8,9)3(6)7/h3,10H,1-2H3. The first kappa shape index (κ1) is 9.68. The van der Waals surface area contributed by atoms with Crippen molar-refractivity contribution < 1.29 is 22.7 Å². The average molecular weight is 160 g/mol. The Morgan fingerprint density at radius 3 is 1.50 bits per heavy atom. The Balaban J connectivity index is 4.40. The highest BCUT2D eigenvalue weighted by Crippen LogP contribution is 2.33. The molecule has 0 atom stereocenters. The highest BCUT2D eigenvalue weighted by Gasteiger charge is 2.53. The molecule has 0 rings (SSSR count). The molecule has 0 aliphatic heterocycles. The van der Waals surface area contributed by atoms with E-state index in [1.165, 1.54) is 0 Å². The second kappa shape index (κ2) is 2.38. The molecule has 0 fully saturated rings. The van der Waals surface area contributed by atoms with Gasteiger partial charge in [0, 0.05) is 0 Å². The summed E-state index contributed by atoms with van der Waals surface area (Å²) in [5, 5.41) is 8.49. The predicted molar refractivity (Wildman–Crippen MR) is 27.2 cm³/mol. The summed E-state index contributed by atoms with van der Waals surface area (Å²) < 4.78 is 46.9. The molecule has 0 spiro atoms. The van der Waals surface area contributed by atoms with E-state index in [4.69, 9.17) is 5.11 Å². The van der Waals surface area contributed by atoms with Gasteiger partial charge in [-0.3, -0.25) is 0 Å². The van der Waals surface area contributed by atoms with Crippen molar-refractivity contribution in [3.8, 4) is 0 Å². The maximum Gasteiger partial charge on any atom is 0.334 e. The van der Waals surface area contributed by atoms with Gasteiger partial charge in [-0.1, -0.05) is 0 Å². The Bertz CT molecular complexity index is 115. The fourth-order valence-electron chi connectivity index (χ4n) is 0.267. The van der Waals surface area contributed by atoms with Crippen molar-refractivity contribution in [2.45, 2.75) is 31.8 Å². The Hall–Kier alpha value is -0.320. The third-order valence-corrected chi connectivity index (χ3v) is 1.09. The lowest BCUT2D eigenvalue weighted by molar-refractivity contribution is -0.228. The summed E-state index contributed by atoms with van der Waals surface area (Å²) in [5.41, 5.74) is -2.67. The average Bonchev–Trinajstić information content (AvgIpc) is 1.62. The van der Waals surface area contributed by atoms with Crippen molar-refractivity contribution in [1.82, 2.24) is 0 Å². The van der Waals surface area contributed by atoms with Crippen LogP contribution in [0.2, 0.25) is 0 Å². The molecule has 0 aromatic carbocycles. The van der Waals surface area contributed by atoms with Crippen molar-refractivity contribution in [3.63, 3.8) is 0 Å². The van der Waals surface area contributed by atoms with Crippen molar-refractivity contribution in [1.29, 1.82) is 0 Å². The SMILES string of the molecule is CC(C)(O)C(F)(F)C(F)F. The zero-order valence-corrected chi connectivity index (χ0v) is 5.54. The number of aliphatic hydroxyl groups is 1. The van der Waals surface area contributed by atoms with Crippen LogP contribution in [0.4, 0.5) is 17.6 Å². The van der Waals surface area contributed by atoms with Gasteiger partial charge in [0.2, 0.25) is 0 Å². The van der Waals surface area contributed by atoms with Crippen LogP contribution in [0, 0.1) is 0 Å². The summed E-state index contributed by atoms with van der Waals surface area (Å²) in [7, 11) is 0. The quantitative estimate of drug-likeness (QED) is 0.609. The van der Waals surface area contributed by atoms with E-state index in [1.807, 2.05) is 0 Å². The maximum absolute atomic E-state index is 12.1. The summed E-state index contributed by atoms with van der Waals surface area (Å²) in [6.07, 6.45) is -3.83. The Labute approximate surface area is 55.7 Å². The minimum absolute atomic E-state index is 0.638. The van der Waals surface area contributed by atoms with Gasteiger partial charge in [-0.05, 0) is 13.8 Å². The number of rotatable bonds is 2. The zero-order chi connectivity index (χ0) is 8.58. The van der Waals surface area contributed by atoms with E-state index in [2.05, 4.69) is 0 Å². The lowest BCUT2D eigenvalue weighted by Gasteiger charge is -2.27. The van der Waals surface area contributed by atoms with Crippen LogP contribution in [0.25, 0.3) is 0 Å². The fraction of sp³-hybridized carbons (Fsp3) is 1.00. The zero-order valence-electron chi connectivity index (χ0n) is 5.54. The van der Waals surface area contributed by atoms with Gasteiger partial charge in [-0.2, -0.15) is 8.78 Å². The van der Waals surface area contributed by atoms with Crippen LogP contribution in [0.1, 0.15) is 13.8 Å². The van der Waals surface area contributed by atoms with Crippen molar-refractivity contribution in [3.05, 3.63) is 0 Å². The number of hydrogen-bond acceptors (Lipinski definition) is 1. The molecule has 62 valence electrons. The molecule has 1 nitrogen and oxygen atoms in total. The van der Waals surface area contributed by atoms with Gasteiger partial charge >= 0.3 is 12.3 Å². The van der Waals surface area contributed by atoms with Crippen LogP contribution in [0.3, 0.4) is 0 Å². The first-order valence-corrected chi connectivity index (χ1v) is 2.58. The van der Waals surface area contributed by atoms with Crippen LogP contribution in [0.15, 0.2) is 0 Å².